The van der Waals surface area contributed by atoms with Crippen LogP contribution < -0.4 is 0 Å². The average Bonchev–Trinajstić information content (AvgIpc) is 2.20. The molecule has 0 aromatic rings. The van der Waals surface area contributed by atoms with Crippen molar-refractivity contribution in [2.45, 2.75) is 58.3 Å². The molecule has 0 N–H and O–H groups in total. The van der Waals surface area contributed by atoms with Crippen molar-refractivity contribution in [1.82, 2.24) is 0 Å². The molecule has 0 unspecified atom stereocenters. The van der Waals surface area contributed by atoms with Gasteiger partial charge < -0.3 is 4.74 Å². The molecule has 15 heavy (non-hydrogen) atoms. The van der Waals surface area contributed by atoms with Crippen LogP contribution in [-0.2, 0) is 4.74 Å². The van der Waals surface area contributed by atoms with Crippen LogP contribution in [0.2, 0.25) is 0 Å². The molecule has 0 aromatic carbocycles. The highest BCUT2D eigenvalue weighted by Gasteiger charge is 2.00. The Bertz CT molecular complexity index is 123. The Labute approximate surface area is 105 Å². The molecule has 0 amide bonds. The van der Waals surface area contributed by atoms with Gasteiger partial charge in [-0.15, -0.1) is 22.2 Å². The van der Waals surface area contributed by atoms with Gasteiger partial charge in [0.2, 0.25) is 0 Å². The van der Waals surface area contributed by atoms with E-state index in [0.29, 0.717) is 6.23 Å². The molecular weight excluding hydrogens is 247 g/mol. The number of rotatable bonds is 11. The minimum atomic E-state index is -1.53. The van der Waals surface area contributed by atoms with Crippen molar-refractivity contribution in [3.8, 4) is 0 Å². The summed E-state index contributed by atoms with van der Waals surface area (Å²) in [6.07, 6.45) is 11.3. The van der Waals surface area contributed by atoms with Crippen molar-refractivity contribution in [2.75, 3.05) is 12.8 Å². The van der Waals surface area contributed by atoms with Crippen LogP contribution in [0.1, 0.15) is 58.3 Å². The van der Waals surface area contributed by atoms with Crippen LogP contribution >= 0.6 is 22.2 Å². The number of hydrogen-bond acceptors (Lipinski definition) is 1. The van der Waals surface area contributed by atoms with Gasteiger partial charge in [0.25, 0.3) is 7.42 Å². The SMILES string of the molecule is CCCCCCCCCCOC[SiH](Cl)Cl. The summed E-state index contributed by atoms with van der Waals surface area (Å²) in [6, 6.07) is 0. The Hall–Kier alpha value is 0.757. The van der Waals surface area contributed by atoms with E-state index in [1.807, 2.05) is 0 Å². The van der Waals surface area contributed by atoms with Gasteiger partial charge in [0, 0.05) is 6.61 Å². The van der Waals surface area contributed by atoms with Crippen LogP contribution in [-0.4, -0.2) is 20.3 Å². The lowest BCUT2D eigenvalue weighted by Gasteiger charge is -2.03. The molecular formula is C11H24Cl2OSi. The fraction of sp³-hybridized carbons (Fsp3) is 1.00. The van der Waals surface area contributed by atoms with E-state index in [2.05, 4.69) is 6.92 Å². The van der Waals surface area contributed by atoms with Crippen molar-refractivity contribution < 1.29 is 4.74 Å². The predicted octanol–water partition coefficient (Wildman–Crippen LogP) is 4.38. The molecule has 0 aliphatic heterocycles. The van der Waals surface area contributed by atoms with Crippen molar-refractivity contribution in [1.29, 1.82) is 0 Å². The zero-order valence-corrected chi connectivity index (χ0v) is 12.5. The summed E-state index contributed by atoms with van der Waals surface area (Å²) in [5, 5.41) is 0. The quantitative estimate of drug-likeness (QED) is 0.308. The minimum absolute atomic E-state index is 0.597. The molecule has 0 aliphatic carbocycles. The number of ether oxygens (including phenoxy) is 1. The van der Waals surface area contributed by atoms with Crippen LogP contribution in [0.5, 0.6) is 0 Å². The molecule has 1 nitrogen and oxygen atoms in total. The maximum Gasteiger partial charge on any atom is 0.261 e. The first-order valence-electron chi connectivity index (χ1n) is 6.13. The normalized spacial score (nSPS) is 11.2. The Kier molecular flexibility index (Phi) is 13.5. The molecule has 0 fully saturated rings. The van der Waals surface area contributed by atoms with Crippen LogP contribution in [0.15, 0.2) is 0 Å². The standard InChI is InChI=1S/C11H24Cl2OSi/c1-2-3-4-5-6-7-8-9-10-14-11-15(12)13/h15H,2-11H2,1H3. The van der Waals surface area contributed by atoms with E-state index in [0.717, 1.165) is 13.0 Å². The van der Waals surface area contributed by atoms with Crippen molar-refractivity contribution >= 4 is 29.6 Å². The molecule has 0 spiro atoms. The van der Waals surface area contributed by atoms with E-state index < -0.39 is 7.42 Å². The predicted molar refractivity (Wildman–Crippen MR) is 72.3 cm³/mol. The smallest absolute Gasteiger partial charge is 0.261 e. The Morgan fingerprint density at radius 1 is 0.867 bits per heavy atom. The van der Waals surface area contributed by atoms with Crippen LogP contribution in [0.3, 0.4) is 0 Å². The van der Waals surface area contributed by atoms with E-state index in [-0.39, 0.29) is 0 Å². The zero-order chi connectivity index (χ0) is 11.4. The largest absolute Gasteiger partial charge is 0.382 e. The molecule has 0 bridgehead atoms. The van der Waals surface area contributed by atoms with E-state index in [9.17, 15) is 0 Å². The molecule has 92 valence electrons. The molecule has 0 saturated carbocycles. The lowest BCUT2D eigenvalue weighted by Crippen LogP contribution is -2.07. The fourth-order valence-corrected chi connectivity index (χ4v) is 2.39. The summed E-state index contributed by atoms with van der Waals surface area (Å²) >= 11 is 11.3. The van der Waals surface area contributed by atoms with Gasteiger partial charge in [-0.1, -0.05) is 51.9 Å². The molecule has 0 aromatic heterocycles. The summed E-state index contributed by atoms with van der Waals surface area (Å²) in [7, 11) is -1.53. The number of hydrogen-bond donors (Lipinski definition) is 0. The third-order valence-corrected chi connectivity index (χ3v) is 3.63. The highest BCUT2D eigenvalue weighted by Crippen LogP contribution is 2.08. The number of unbranched alkanes of at least 4 members (excludes halogenated alkanes) is 7. The monoisotopic (exact) mass is 270 g/mol. The van der Waals surface area contributed by atoms with Gasteiger partial charge in [-0.2, -0.15) is 0 Å². The van der Waals surface area contributed by atoms with E-state index >= 15 is 0 Å². The van der Waals surface area contributed by atoms with E-state index in [1.165, 1.54) is 44.9 Å². The van der Waals surface area contributed by atoms with Gasteiger partial charge in [-0.25, -0.2) is 0 Å². The molecule has 0 saturated heterocycles. The zero-order valence-electron chi connectivity index (χ0n) is 9.81. The summed E-state index contributed by atoms with van der Waals surface area (Å²) in [5.41, 5.74) is 0. The van der Waals surface area contributed by atoms with Gasteiger partial charge in [0.1, 0.15) is 0 Å². The number of halogens is 2. The topological polar surface area (TPSA) is 9.23 Å². The van der Waals surface area contributed by atoms with E-state index in [4.69, 9.17) is 26.9 Å². The highest BCUT2D eigenvalue weighted by atomic mass is 35.7. The van der Waals surface area contributed by atoms with Crippen LogP contribution in [0.25, 0.3) is 0 Å². The molecule has 0 radical (unpaired) electrons. The fourth-order valence-electron chi connectivity index (χ4n) is 1.51. The lowest BCUT2D eigenvalue weighted by atomic mass is 10.1. The summed E-state index contributed by atoms with van der Waals surface area (Å²) < 4.78 is 5.34. The summed E-state index contributed by atoms with van der Waals surface area (Å²) in [5.74, 6) is 0. The van der Waals surface area contributed by atoms with E-state index in [1.54, 1.807) is 0 Å². The maximum atomic E-state index is 5.67. The molecule has 0 rings (SSSR count). The second-order valence-electron chi connectivity index (χ2n) is 3.94. The van der Waals surface area contributed by atoms with Gasteiger partial charge in [0.05, 0.1) is 6.23 Å². The maximum absolute atomic E-state index is 5.67. The highest BCUT2D eigenvalue weighted by molar-refractivity contribution is 7.33. The molecule has 4 heteroatoms. The van der Waals surface area contributed by atoms with Gasteiger partial charge in [-0.05, 0) is 6.42 Å². The molecule has 0 heterocycles. The molecule has 0 atom stereocenters. The summed E-state index contributed by atoms with van der Waals surface area (Å²) in [6.45, 7) is 3.08. The second-order valence-corrected chi connectivity index (χ2v) is 8.89. The first kappa shape index (κ1) is 15.8. The van der Waals surface area contributed by atoms with Crippen LogP contribution in [0, 0.1) is 0 Å². The van der Waals surface area contributed by atoms with Crippen LogP contribution in [0.4, 0.5) is 0 Å². The Morgan fingerprint density at radius 2 is 1.40 bits per heavy atom. The first-order chi connectivity index (χ1) is 7.27. The van der Waals surface area contributed by atoms with Gasteiger partial charge >= 0.3 is 0 Å². The second kappa shape index (κ2) is 12.8. The lowest BCUT2D eigenvalue weighted by molar-refractivity contribution is 0.171. The summed E-state index contributed by atoms with van der Waals surface area (Å²) in [4.78, 5) is 0. The third-order valence-electron chi connectivity index (χ3n) is 2.39. The average molecular weight is 271 g/mol. The minimum Gasteiger partial charge on any atom is -0.382 e. The van der Waals surface area contributed by atoms with Gasteiger partial charge in [-0.3, -0.25) is 0 Å². The third kappa shape index (κ3) is 14.8. The first-order valence-corrected chi connectivity index (χ1v) is 10.4. The van der Waals surface area contributed by atoms with Crippen molar-refractivity contribution in [3.05, 3.63) is 0 Å². The van der Waals surface area contributed by atoms with Crippen molar-refractivity contribution in [3.63, 3.8) is 0 Å². The van der Waals surface area contributed by atoms with Gasteiger partial charge in [0.15, 0.2) is 0 Å². The Balaban J connectivity index is 2.87. The molecule has 0 aliphatic rings. The van der Waals surface area contributed by atoms with Crippen molar-refractivity contribution in [2.24, 2.45) is 0 Å². The Morgan fingerprint density at radius 3 is 1.93 bits per heavy atom.